The lowest BCUT2D eigenvalue weighted by Crippen LogP contribution is -2.19. The van der Waals surface area contributed by atoms with Crippen LogP contribution in [0, 0.1) is 18.3 Å². The van der Waals surface area contributed by atoms with Crippen LogP contribution in [-0.2, 0) is 0 Å². The van der Waals surface area contributed by atoms with Crippen LogP contribution in [0.2, 0.25) is 0 Å². The molecular formula is C15H22N2. The highest BCUT2D eigenvalue weighted by atomic mass is 15.1. The number of hydrogen-bond acceptors (Lipinski definition) is 2. The number of nitriles is 1. The molecule has 0 N–H and O–H groups in total. The van der Waals surface area contributed by atoms with Gasteiger partial charge in [-0.25, -0.2) is 0 Å². The third-order valence-corrected chi connectivity index (χ3v) is 3.09. The molecule has 2 heteroatoms. The van der Waals surface area contributed by atoms with Gasteiger partial charge in [0, 0.05) is 25.7 Å². The monoisotopic (exact) mass is 230 g/mol. The van der Waals surface area contributed by atoms with E-state index in [1.165, 1.54) is 16.8 Å². The number of benzene rings is 1. The zero-order chi connectivity index (χ0) is 12.8. The van der Waals surface area contributed by atoms with E-state index < -0.39 is 0 Å². The Hall–Kier alpha value is -1.49. The zero-order valence-corrected chi connectivity index (χ0v) is 11.3. The topological polar surface area (TPSA) is 27.0 Å². The average molecular weight is 230 g/mol. The summed E-state index contributed by atoms with van der Waals surface area (Å²) in [4.78, 5) is 2.25. The Bertz CT molecular complexity index is 402. The maximum Gasteiger partial charge on any atom is 0.0622 e. The van der Waals surface area contributed by atoms with E-state index in [0.717, 1.165) is 13.0 Å². The molecule has 0 aliphatic heterocycles. The Morgan fingerprint density at radius 3 is 2.65 bits per heavy atom. The second-order valence-electron chi connectivity index (χ2n) is 4.88. The van der Waals surface area contributed by atoms with Gasteiger partial charge in [-0.1, -0.05) is 26.0 Å². The number of unbranched alkanes of at least 4 members (excludes halogenated alkanes) is 1. The fourth-order valence-electron chi connectivity index (χ4n) is 1.91. The standard InChI is InChI=1S/C15H22N2/c1-12(2)14-8-7-13(3)15(11-14)17(4)10-6-5-9-16/h7-8,11-12H,5-6,10H2,1-4H3. The minimum atomic E-state index is 0.557. The van der Waals surface area contributed by atoms with E-state index in [9.17, 15) is 0 Å². The number of nitrogens with zero attached hydrogens (tertiary/aromatic N) is 2. The van der Waals surface area contributed by atoms with Gasteiger partial charge in [0.15, 0.2) is 0 Å². The van der Waals surface area contributed by atoms with Crippen molar-refractivity contribution in [2.45, 2.75) is 39.5 Å². The molecule has 0 aliphatic carbocycles. The van der Waals surface area contributed by atoms with Gasteiger partial charge in [0.25, 0.3) is 0 Å². The van der Waals surface area contributed by atoms with Crippen molar-refractivity contribution in [2.75, 3.05) is 18.5 Å². The molecule has 0 fully saturated rings. The second kappa shape index (κ2) is 6.30. The fraction of sp³-hybridized carbons (Fsp3) is 0.533. The molecule has 1 aromatic carbocycles. The summed E-state index contributed by atoms with van der Waals surface area (Å²) in [6, 6.07) is 8.85. The predicted molar refractivity (Wildman–Crippen MR) is 73.4 cm³/mol. The predicted octanol–water partition coefficient (Wildman–Crippen LogP) is 3.86. The molecule has 0 aliphatic rings. The Labute approximate surface area is 105 Å². The van der Waals surface area contributed by atoms with Crippen LogP contribution in [-0.4, -0.2) is 13.6 Å². The van der Waals surface area contributed by atoms with Crippen LogP contribution < -0.4 is 4.90 Å². The Morgan fingerprint density at radius 1 is 1.35 bits per heavy atom. The van der Waals surface area contributed by atoms with Gasteiger partial charge in [-0.3, -0.25) is 0 Å². The Balaban J connectivity index is 2.81. The number of rotatable bonds is 5. The molecule has 17 heavy (non-hydrogen) atoms. The van der Waals surface area contributed by atoms with Crippen molar-refractivity contribution in [1.29, 1.82) is 5.26 Å². The lowest BCUT2D eigenvalue weighted by molar-refractivity contribution is 0.800. The summed E-state index contributed by atoms with van der Waals surface area (Å²) in [5.41, 5.74) is 3.96. The van der Waals surface area contributed by atoms with Gasteiger partial charge in [0.05, 0.1) is 6.07 Å². The molecule has 0 saturated carbocycles. The first-order chi connectivity index (χ1) is 8.06. The number of aryl methyl sites for hydroxylation is 1. The number of hydrogen-bond donors (Lipinski definition) is 0. The van der Waals surface area contributed by atoms with Crippen molar-refractivity contribution in [3.05, 3.63) is 29.3 Å². The third kappa shape index (κ3) is 3.78. The molecule has 92 valence electrons. The summed E-state index contributed by atoms with van der Waals surface area (Å²) < 4.78 is 0. The minimum absolute atomic E-state index is 0.557. The van der Waals surface area contributed by atoms with E-state index in [1.807, 2.05) is 0 Å². The van der Waals surface area contributed by atoms with Crippen LogP contribution in [0.4, 0.5) is 5.69 Å². The van der Waals surface area contributed by atoms with E-state index in [0.29, 0.717) is 12.3 Å². The lowest BCUT2D eigenvalue weighted by Gasteiger charge is -2.22. The van der Waals surface area contributed by atoms with Gasteiger partial charge in [-0.05, 0) is 36.5 Å². The SMILES string of the molecule is Cc1ccc(C(C)C)cc1N(C)CCCC#N. The summed E-state index contributed by atoms with van der Waals surface area (Å²) >= 11 is 0. The highest BCUT2D eigenvalue weighted by Crippen LogP contribution is 2.25. The zero-order valence-electron chi connectivity index (χ0n) is 11.3. The maximum absolute atomic E-state index is 8.55. The summed E-state index contributed by atoms with van der Waals surface area (Å²) in [7, 11) is 2.10. The molecule has 0 spiro atoms. The van der Waals surface area contributed by atoms with E-state index in [1.54, 1.807) is 0 Å². The first kappa shape index (κ1) is 13.6. The highest BCUT2D eigenvalue weighted by Gasteiger charge is 2.07. The minimum Gasteiger partial charge on any atom is -0.374 e. The van der Waals surface area contributed by atoms with Crippen LogP contribution in [0.3, 0.4) is 0 Å². The fourth-order valence-corrected chi connectivity index (χ4v) is 1.91. The van der Waals surface area contributed by atoms with E-state index in [2.05, 4.69) is 57.0 Å². The summed E-state index contributed by atoms with van der Waals surface area (Å²) in [5, 5.41) is 8.55. The largest absolute Gasteiger partial charge is 0.374 e. The molecule has 1 aromatic rings. The molecule has 0 unspecified atom stereocenters. The molecule has 0 amide bonds. The van der Waals surface area contributed by atoms with Crippen molar-refractivity contribution in [2.24, 2.45) is 0 Å². The van der Waals surface area contributed by atoms with Gasteiger partial charge < -0.3 is 4.90 Å². The Morgan fingerprint density at radius 2 is 2.06 bits per heavy atom. The van der Waals surface area contributed by atoms with Crippen LogP contribution in [0.15, 0.2) is 18.2 Å². The van der Waals surface area contributed by atoms with Gasteiger partial charge >= 0.3 is 0 Å². The van der Waals surface area contributed by atoms with Crippen LogP contribution in [0.5, 0.6) is 0 Å². The molecular weight excluding hydrogens is 208 g/mol. The Kier molecular flexibility index (Phi) is 5.03. The molecule has 0 saturated heterocycles. The molecule has 0 radical (unpaired) electrons. The van der Waals surface area contributed by atoms with Gasteiger partial charge in [0.1, 0.15) is 0 Å². The maximum atomic E-state index is 8.55. The van der Waals surface area contributed by atoms with Gasteiger partial charge in [-0.2, -0.15) is 5.26 Å². The van der Waals surface area contributed by atoms with Crippen LogP contribution >= 0.6 is 0 Å². The van der Waals surface area contributed by atoms with Gasteiger partial charge in [-0.15, -0.1) is 0 Å². The summed E-state index contributed by atoms with van der Waals surface area (Å²) in [6.07, 6.45) is 1.56. The van der Waals surface area contributed by atoms with Crippen molar-refractivity contribution in [3.8, 4) is 6.07 Å². The van der Waals surface area contributed by atoms with E-state index in [4.69, 9.17) is 5.26 Å². The molecule has 0 atom stereocenters. The van der Waals surface area contributed by atoms with Crippen molar-refractivity contribution in [1.82, 2.24) is 0 Å². The molecule has 0 bridgehead atoms. The normalized spacial score (nSPS) is 10.4. The second-order valence-corrected chi connectivity index (χ2v) is 4.88. The third-order valence-electron chi connectivity index (χ3n) is 3.09. The summed E-state index contributed by atoms with van der Waals surface area (Å²) in [5.74, 6) is 0.557. The first-order valence-corrected chi connectivity index (χ1v) is 6.25. The number of anilines is 1. The van der Waals surface area contributed by atoms with Crippen molar-refractivity contribution >= 4 is 5.69 Å². The smallest absolute Gasteiger partial charge is 0.0622 e. The van der Waals surface area contributed by atoms with Crippen LogP contribution in [0.1, 0.15) is 43.7 Å². The molecule has 2 nitrogen and oxygen atoms in total. The quantitative estimate of drug-likeness (QED) is 0.718. The molecule has 1 rings (SSSR count). The lowest BCUT2D eigenvalue weighted by atomic mass is 10.00. The molecule has 0 aromatic heterocycles. The average Bonchev–Trinajstić information content (AvgIpc) is 2.29. The van der Waals surface area contributed by atoms with Gasteiger partial charge in [0.2, 0.25) is 0 Å². The van der Waals surface area contributed by atoms with Crippen molar-refractivity contribution < 1.29 is 0 Å². The van der Waals surface area contributed by atoms with Crippen molar-refractivity contribution in [3.63, 3.8) is 0 Å². The molecule has 0 heterocycles. The summed E-state index contributed by atoms with van der Waals surface area (Å²) in [6.45, 7) is 7.50. The highest BCUT2D eigenvalue weighted by molar-refractivity contribution is 5.54. The van der Waals surface area contributed by atoms with E-state index in [-0.39, 0.29) is 0 Å². The first-order valence-electron chi connectivity index (χ1n) is 6.25. The van der Waals surface area contributed by atoms with Crippen LogP contribution in [0.25, 0.3) is 0 Å². The van der Waals surface area contributed by atoms with E-state index >= 15 is 0 Å².